The second kappa shape index (κ2) is 9.32. The molecule has 0 unspecified atom stereocenters. The molecule has 0 atom stereocenters. The van der Waals surface area contributed by atoms with Gasteiger partial charge in [-0.25, -0.2) is 4.68 Å². The highest BCUT2D eigenvalue weighted by atomic mass is 35.5. The van der Waals surface area contributed by atoms with E-state index >= 15 is 0 Å². The van der Waals surface area contributed by atoms with E-state index in [1.165, 1.54) is 0 Å². The molecule has 0 spiro atoms. The summed E-state index contributed by atoms with van der Waals surface area (Å²) < 4.78 is 8.61. The lowest BCUT2D eigenvalue weighted by Gasteiger charge is -2.17. The summed E-state index contributed by atoms with van der Waals surface area (Å²) >= 11 is 11.5. The monoisotopic (exact) mass is 438 g/mol. The number of hydrogen-bond donors (Lipinski definition) is 2. The van der Waals surface area contributed by atoms with Crippen molar-refractivity contribution in [3.05, 3.63) is 87.4 Å². The predicted molar refractivity (Wildman–Crippen MR) is 124 cm³/mol. The molecular formula is C23H23ClN4OS. The molecule has 1 heterocycles. The van der Waals surface area contributed by atoms with Crippen LogP contribution in [0.2, 0.25) is 5.02 Å². The van der Waals surface area contributed by atoms with Crippen LogP contribution in [0.15, 0.2) is 60.7 Å². The fourth-order valence-corrected chi connectivity index (χ4v) is 3.89. The zero-order chi connectivity index (χ0) is 20.9. The summed E-state index contributed by atoms with van der Waals surface area (Å²) in [4.78, 5) is 0. The third kappa shape index (κ3) is 4.50. The summed E-state index contributed by atoms with van der Waals surface area (Å²) in [6.45, 7) is 3.11. The predicted octanol–water partition coefficient (Wildman–Crippen LogP) is 6.02. The Morgan fingerprint density at radius 1 is 1.13 bits per heavy atom. The Morgan fingerprint density at radius 2 is 2.00 bits per heavy atom. The Morgan fingerprint density at radius 3 is 2.83 bits per heavy atom. The number of benzene rings is 3. The van der Waals surface area contributed by atoms with Crippen LogP contribution in [0, 0.1) is 4.77 Å². The Kier molecular flexibility index (Phi) is 6.35. The van der Waals surface area contributed by atoms with Gasteiger partial charge in [0.05, 0.1) is 6.54 Å². The van der Waals surface area contributed by atoms with Crippen LogP contribution in [0.1, 0.15) is 30.3 Å². The Balaban J connectivity index is 1.64. The first-order valence-electron chi connectivity index (χ1n) is 9.93. The van der Waals surface area contributed by atoms with Crippen molar-refractivity contribution in [3.8, 4) is 5.75 Å². The fourth-order valence-electron chi connectivity index (χ4n) is 3.46. The van der Waals surface area contributed by atoms with Crippen molar-refractivity contribution in [1.29, 1.82) is 0 Å². The standard InChI is InChI=1S/C23H23ClN4OS/c1-2-6-22-26-27-23(30)28(22)25-14-20-19-10-4-3-8-17(19)11-12-21(20)29-15-16-7-5-9-18(24)13-16/h3-5,7-13,25H,2,6,14-15H2,1H3,(H,27,30). The van der Waals surface area contributed by atoms with Crippen molar-refractivity contribution in [3.63, 3.8) is 0 Å². The van der Waals surface area contributed by atoms with Crippen LogP contribution in [0.5, 0.6) is 5.75 Å². The molecule has 30 heavy (non-hydrogen) atoms. The molecule has 154 valence electrons. The van der Waals surface area contributed by atoms with Gasteiger partial charge in [-0.1, -0.05) is 61.0 Å². The molecule has 2 N–H and O–H groups in total. The summed E-state index contributed by atoms with van der Waals surface area (Å²) in [6, 6.07) is 20.1. The number of nitrogens with one attached hydrogen (secondary N) is 2. The molecule has 0 bridgehead atoms. The van der Waals surface area contributed by atoms with Gasteiger partial charge in [-0.05, 0) is 53.2 Å². The first kappa shape index (κ1) is 20.4. The Bertz CT molecular complexity index is 1220. The van der Waals surface area contributed by atoms with Crippen molar-refractivity contribution >= 4 is 34.6 Å². The van der Waals surface area contributed by atoms with Gasteiger partial charge in [0.15, 0.2) is 5.82 Å². The van der Waals surface area contributed by atoms with Crippen LogP contribution < -0.4 is 10.2 Å². The van der Waals surface area contributed by atoms with E-state index < -0.39 is 0 Å². The molecule has 0 saturated heterocycles. The molecule has 0 amide bonds. The second-order valence-electron chi connectivity index (χ2n) is 7.05. The van der Waals surface area contributed by atoms with Crippen molar-refractivity contribution in [2.45, 2.75) is 32.9 Å². The highest BCUT2D eigenvalue weighted by Gasteiger charge is 2.11. The third-order valence-corrected chi connectivity index (χ3v) is 5.42. The molecule has 3 aromatic carbocycles. The summed E-state index contributed by atoms with van der Waals surface area (Å²) in [5.41, 5.74) is 5.52. The topological polar surface area (TPSA) is 54.9 Å². The molecule has 0 aliphatic heterocycles. The quantitative estimate of drug-likeness (QED) is 0.330. The van der Waals surface area contributed by atoms with Crippen LogP contribution in [-0.2, 0) is 19.6 Å². The summed E-state index contributed by atoms with van der Waals surface area (Å²) in [5.74, 6) is 1.72. The molecule has 7 heteroatoms. The van der Waals surface area contributed by atoms with Crippen LogP contribution in [-0.4, -0.2) is 14.9 Å². The van der Waals surface area contributed by atoms with Crippen LogP contribution in [0.3, 0.4) is 0 Å². The number of hydrogen-bond acceptors (Lipinski definition) is 4. The maximum atomic E-state index is 6.21. The molecule has 0 fully saturated rings. The van der Waals surface area contributed by atoms with E-state index in [-0.39, 0.29) is 0 Å². The minimum atomic E-state index is 0.443. The van der Waals surface area contributed by atoms with Crippen LogP contribution >= 0.6 is 23.8 Å². The average molecular weight is 439 g/mol. The largest absolute Gasteiger partial charge is 0.489 e. The number of fused-ring (bicyclic) bond motifs is 1. The van der Waals surface area contributed by atoms with Gasteiger partial charge in [0.2, 0.25) is 4.77 Å². The zero-order valence-corrected chi connectivity index (χ0v) is 18.3. The molecule has 0 saturated carbocycles. The lowest BCUT2D eigenvalue weighted by atomic mass is 10.0. The summed E-state index contributed by atoms with van der Waals surface area (Å²) in [7, 11) is 0. The van der Waals surface area contributed by atoms with Gasteiger partial charge < -0.3 is 10.2 Å². The molecular weight excluding hydrogens is 416 g/mol. The van der Waals surface area contributed by atoms with E-state index in [9.17, 15) is 0 Å². The fraction of sp³-hybridized carbons (Fsp3) is 0.217. The lowest BCUT2D eigenvalue weighted by Crippen LogP contribution is -2.18. The number of H-pyrrole nitrogens is 1. The smallest absolute Gasteiger partial charge is 0.214 e. The van der Waals surface area contributed by atoms with Gasteiger partial charge in [-0.2, -0.15) is 5.10 Å². The Hall–Kier alpha value is -2.83. The van der Waals surface area contributed by atoms with Gasteiger partial charge >= 0.3 is 0 Å². The average Bonchev–Trinajstić information content (AvgIpc) is 3.10. The summed E-state index contributed by atoms with van der Waals surface area (Å²) in [5, 5.41) is 10.2. The van der Waals surface area contributed by atoms with E-state index in [0.717, 1.165) is 46.3 Å². The van der Waals surface area contributed by atoms with Gasteiger partial charge in [-0.3, -0.25) is 5.10 Å². The highest BCUT2D eigenvalue weighted by Crippen LogP contribution is 2.29. The highest BCUT2D eigenvalue weighted by molar-refractivity contribution is 7.71. The number of aryl methyl sites for hydroxylation is 1. The summed E-state index contributed by atoms with van der Waals surface area (Å²) in [6.07, 6.45) is 1.83. The number of nitrogens with zero attached hydrogens (tertiary/aromatic N) is 2. The number of aromatic amines is 1. The first-order valence-corrected chi connectivity index (χ1v) is 10.7. The number of halogens is 1. The molecule has 0 aliphatic rings. The van der Waals surface area contributed by atoms with E-state index in [1.54, 1.807) is 0 Å². The van der Waals surface area contributed by atoms with E-state index in [0.29, 0.717) is 22.9 Å². The first-order chi connectivity index (χ1) is 14.7. The number of aromatic nitrogens is 3. The van der Waals surface area contributed by atoms with E-state index in [2.05, 4.69) is 40.7 Å². The molecule has 0 radical (unpaired) electrons. The zero-order valence-electron chi connectivity index (χ0n) is 16.7. The lowest BCUT2D eigenvalue weighted by molar-refractivity contribution is 0.303. The number of ether oxygens (including phenoxy) is 1. The van der Waals surface area contributed by atoms with Crippen LogP contribution in [0.4, 0.5) is 0 Å². The molecule has 4 rings (SSSR count). The Labute approximate surface area is 185 Å². The maximum Gasteiger partial charge on any atom is 0.214 e. The van der Waals surface area contributed by atoms with E-state index in [4.69, 9.17) is 28.6 Å². The molecule has 0 aliphatic carbocycles. The van der Waals surface area contributed by atoms with Gasteiger partial charge in [0.1, 0.15) is 12.4 Å². The van der Waals surface area contributed by atoms with Crippen molar-refractivity contribution in [1.82, 2.24) is 14.9 Å². The third-order valence-electron chi connectivity index (χ3n) is 4.91. The minimum absolute atomic E-state index is 0.443. The van der Waals surface area contributed by atoms with Crippen molar-refractivity contribution in [2.24, 2.45) is 0 Å². The van der Waals surface area contributed by atoms with Gasteiger partial charge in [0.25, 0.3) is 0 Å². The normalized spacial score (nSPS) is 11.0. The maximum absolute atomic E-state index is 6.21. The number of rotatable bonds is 8. The van der Waals surface area contributed by atoms with Gasteiger partial charge in [0, 0.05) is 17.0 Å². The second-order valence-corrected chi connectivity index (χ2v) is 7.87. The van der Waals surface area contributed by atoms with E-state index in [1.807, 2.05) is 47.1 Å². The molecule has 5 nitrogen and oxygen atoms in total. The van der Waals surface area contributed by atoms with Crippen molar-refractivity contribution < 1.29 is 4.74 Å². The minimum Gasteiger partial charge on any atom is -0.489 e. The molecule has 1 aromatic heterocycles. The van der Waals surface area contributed by atoms with Crippen LogP contribution in [0.25, 0.3) is 10.8 Å². The van der Waals surface area contributed by atoms with Gasteiger partial charge in [-0.15, -0.1) is 0 Å². The molecule has 4 aromatic rings. The SMILES string of the molecule is CCCc1n[nH]c(=S)n1NCc1c(OCc2cccc(Cl)c2)ccc2ccccc12. The van der Waals surface area contributed by atoms with Crippen molar-refractivity contribution in [2.75, 3.05) is 5.43 Å².